The van der Waals surface area contributed by atoms with Crippen molar-refractivity contribution in [3.63, 3.8) is 0 Å². The summed E-state index contributed by atoms with van der Waals surface area (Å²) >= 11 is 5.21. The van der Waals surface area contributed by atoms with Gasteiger partial charge in [-0.05, 0) is 43.3 Å². The average molecular weight is 369 g/mol. The monoisotopic (exact) mass is 369 g/mol. The summed E-state index contributed by atoms with van der Waals surface area (Å²) in [6.45, 7) is 3.25. The molecule has 0 atom stereocenters. The molecule has 0 radical (unpaired) electrons. The largest absolute Gasteiger partial charge is 0.494 e. The van der Waals surface area contributed by atoms with E-state index in [9.17, 15) is 9.90 Å². The first-order valence-electron chi connectivity index (χ1n) is 8.17. The van der Waals surface area contributed by atoms with Gasteiger partial charge in [-0.25, -0.2) is 4.98 Å². The standard InChI is InChI=1S/C18H19N5O2S/c1-13-4-2-5-14(10-13)23-17(25)15(16(24)21-18(23)26)11-19-6-3-8-22-9-7-20-12-22/h2,4-5,7,9-12,25H,3,6,8H2,1H3,(H,21,24,26). The fraction of sp³-hybridized carbons (Fsp3) is 0.222. The zero-order chi connectivity index (χ0) is 18.5. The number of aromatic hydroxyl groups is 1. The molecule has 0 aliphatic carbocycles. The number of benzene rings is 1. The first kappa shape index (κ1) is 17.8. The molecule has 3 rings (SSSR count). The summed E-state index contributed by atoms with van der Waals surface area (Å²) in [5.41, 5.74) is 1.32. The normalized spacial score (nSPS) is 11.3. The predicted octanol–water partition coefficient (Wildman–Crippen LogP) is 2.61. The van der Waals surface area contributed by atoms with Crippen LogP contribution in [0.3, 0.4) is 0 Å². The van der Waals surface area contributed by atoms with Crippen LogP contribution in [0.4, 0.5) is 0 Å². The predicted molar refractivity (Wildman–Crippen MR) is 103 cm³/mol. The Hall–Kier alpha value is -3.00. The van der Waals surface area contributed by atoms with Gasteiger partial charge in [0.05, 0.1) is 12.0 Å². The lowest BCUT2D eigenvalue weighted by molar-refractivity contribution is 0.432. The topological polar surface area (TPSA) is 88.2 Å². The molecule has 0 saturated heterocycles. The summed E-state index contributed by atoms with van der Waals surface area (Å²) in [5.74, 6) is -0.220. The van der Waals surface area contributed by atoms with Crippen LogP contribution in [0.5, 0.6) is 5.88 Å². The Balaban J connectivity index is 1.83. The van der Waals surface area contributed by atoms with Crippen LogP contribution in [0.15, 0.2) is 52.8 Å². The van der Waals surface area contributed by atoms with E-state index in [1.165, 1.54) is 10.8 Å². The first-order chi connectivity index (χ1) is 12.6. The van der Waals surface area contributed by atoms with Crippen molar-refractivity contribution < 1.29 is 5.11 Å². The van der Waals surface area contributed by atoms with Gasteiger partial charge in [-0.2, -0.15) is 0 Å². The molecule has 26 heavy (non-hydrogen) atoms. The maximum atomic E-state index is 12.2. The number of H-pyrrole nitrogens is 1. The van der Waals surface area contributed by atoms with Gasteiger partial charge < -0.3 is 9.67 Å². The van der Waals surface area contributed by atoms with Crippen LogP contribution in [0.25, 0.3) is 5.69 Å². The van der Waals surface area contributed by atoms with E-state index in [1.54, 1.807) is 12.5 Å². The molecule has 0 saturated carbocycles. The summed E-state index contributed by atoms with van der Waals surface area (Å²) in [5, 5.41) is 10.6. The average Bonchev–Trinajstić information content (AvgIpc) is 3.10. The van der Waals surface area contributed by atoms with Gasteiger partial charge in [-0.3, -0.25) is 19.3 Å². The SMILES string of the molecule is Cc1cccc(-n2c(O)c(C=NCCCn3ccnc3)c(=O)[nH]c2=S)c1. The number of hydrogen-bond acceptors (Lipinski definition) is 5. The van der Waals surface area contributed by atoms with Gasteiger partial charge in [0.2, 0.25) is 5.88 Å². The van der Waals surface area contributed by atoms with E-state index in [2.05, 4.69) is 15.0 Å². The second-order valence-corrected chi connectivity index (χ2v) is 6.25. The number of rotatable bonds is 6. The molecule has 3 aromatic rings. The highest BCUT2D eigenvalue weighted by Gasteiger charge is 2.12. The number of imidazole rings is 1. The lowest BCUT2D eigenvalue weighted by Gasteiger charge is -2.11. The van der Waals surface area contributed by atoms with Crippen LogP contribution in [0, 0.1) is 11.7 Å². The molecule has 1 aromatic carbocycles. The van der Waals surface area contributed by atoms with E-state index in [-0.39, 0.29) is 16.2 Å². The number of nitrogens with zero attached hydrogens (tertiary/aromatic N) is 4. The summed E-state index contributed by atoms with van der Waals surface area (Å²) < 4.78 is 3.52. The van der Waals surface area contributed by atoms with Crippen molar-refractivity contribution in [2.75, 3.05) is 6.54 Å². The molecular weight excluding hydrogens is 350 g/mol. The third-order valence-electron chi connectivity index (χ3n) is 3.86. The van der Waals surface area contributed by atoms with Crippen LogP contribution < -0.4 is 5.56 Å². The van der Waals surface area contributed by atoms with E-state index < -0.39 is 5.56 Å². The number of aryl methyl sites for hydroxylation is 2. The molecule has 0 bridgehead atoms. The third-order valence-corrected chi connectivity index (χ3v) is 4.15. The van der Waals surface area contributed by atoms with Gasteiger partial charge >= 0.3 is 0 Å². The van der Waals surface area contributed by atoms with Crippen molar-refractivity contribution in [1.82, 2.24) is 19.1 Å². The van der Waals surface area contributed by atoms with E-state index >= 15 is 0 Å². The van der Waals surface area contributed by atoms with Crippen LogP contribution >= 0.6 is 12.2 Å². The molecule has 0 fully saturated rings. The second kappa shape index (κ2) is 7.92. The molecule has 134 valence electrons. The molecule has 0 aliphatic rings. The number of nitrogens with one attached hydrogen (secondary N) is 1. The van der Waals surface area contributed by atoms with Crippen molar-refractivity contribution in [2.24, 2.45) is 4.99 Å². The Morgan fingerprint density at radius 3 is 3.00 bits per heavy atom. The van der Waals surface area contributed by atoms with Crippen molar-refractivity contribution in [3.8, 4) is 11.6 Å². The van der Waals surface area contributed by atoms with Gasteiger partial charge in [0.1, 0.15) is 5.56 Å². The van der Waals surface area contributed by atoms with Gasteiger partial charge in [0.25, 0.3) is 5.56 Å². The Labute approximate surface area is 155 Å². The van der Waals surface area contributed by atoms with Crippen LogP contribution in [0.2, 0.25) is 0 Å². The lowest BCUT2D eigenvalue weighted by Crippen LogP contribution is -2.18. The highest BCUT2D eigenvalue weighted by atomic mass is 32.1. The van der Waals surface area contributed by atoms with E-state index in [0.717, 1.165) is 18.5 Å². The minimum Gasteiger partial charge on any atom is -0.494 e. The highest BCUT2D eigenvalue weighted by molar-refractivity contribution is 7.71. The smallest absolute Gasteiger partial charge is 0.264 e. The molecule has 8 heteroatoms. The van der Waals surface area contributed by atoms with Crippen molar-refractivity contribution >= 4 is 18.4 Å². The number of aliphatic imine (C=N–C) groups is 1. The second-order valence-electron chi connectivity index (χ2n) is 5.86. The molecular formula is C18H19N5O2S. The molecule has 0 spiro atoms. The molecule has 0 aliphatic heterocycles. The van der Waals surface area contributed by atoms with Gasteiger partial charge in [-0.15, -0.1) is 0 Å². The number of hydrogen-bond donors (Lipinski definition) is 2. The summed E-state index contributed by atoms with van der Waals surface area (Å²) in [6, 6.07) is 7.49. The lowest BCUT2D eigenvalue weighted by atomic mass is 10.2. The fourth-order valence-electron chi connectivity index (χ4n) is 2.58. The molecule has 2 N–H and O–H groups in total. The Morgan fingerprint density at radius 1 is 1.42 bits per heavy atom. The molecule has 2 aromatic heterocycles. The first-order valence-corrected chi connectivity index (χ1v) is 8.58. The zero-order valence-corrected chi connectivity index (χ0v) is 15.1. The van der Waals surface area contributed by atoms with Crippen molar-refractivity contribution in [2.45, 2.75) is 19.9 Å². The van der Waals surface area contributed by atoms with Crippen molar-refractivity contribution in [1.29, 1.82) is 0 Å². The minimum atomic E-state index is -0.463. The van der Waals surface area contributed by atoms with E-state index in [0.29, 0.717) is 12.2 Å². The minimum absolute atomic E-state index is 0.0859. The van der Waals surface area contributed by atoms with Gasteiger partial charge in [0, 0.05) is 31.7 Å². The summed E-state index contributed by atoms with van der Waals surface area (Å²) in [4.78, 5) is 23.0. The molecule has 0 amide bonds. The molecule has 7 nitrogen and oxygen atoms in total. The maximum absolute atomic E-state index is 12.2. The van der Waals surface area contributed by atoms with Crippen LogP contribution in [-0.4, -0.2) is 37.0 Å². The Bertz CT molecular complexity index is 1030. The van der Waals surface area contributed by atoms with Crippen LogP contribution in [0.1, 0.15) is 17.5 Å². The maximum Gasteiger partial charge on any atom is 0.264 e. The summed E-state index contributed by atoms with van der Waals surface area (Å²) in [6.07, 6.45) is 7.54. The highest BCUT2D eigenvalue weighted by Crippen LogP contribution is 2.19. The summed E-state index contributed by atoms with van der Waals surface area (Å²) in [7, 11) is 0. The van der Waals surface area contributed by atoms with E-state index in [1.807, 2.05) is 42.0 Å². The molecule has 0 unspecified atom stereocenters. The van der Waals surface area contributed by atoms with Gasteiger partial charge in [0.15, 0.2) is 4.77 Å². The molecule has 2 heterocycles. The Morgan fingerprint density at radius 2 is 2.27 bits per heavy atom. The number of aromatic nitrogens is 4. The van der Waals surface area contributed by atoms with Crippen LogP contribution in [-0.2, 0) is 6.54 Å². The van der Waals surface area contributed by atoms with E-state index in [4.69, 9.17) is 12.2 Å². The Kier molecular flexibility index (Phi) is 5.43. The fourth-order valence-corrected chi connectivity index (χ4v) is 2.87. The quantitative estimate of drug-likeness (QED) is 0.397. The third kappa shape index (κ3) is 3.97. The van der Waals surface area contributed by atoms with Gasteiger partial charge in [-0.1, -0.05) is 12.1 Å². The number of aromatic amines is 1. The zero-order valence-electron chi connectivity index (χ0n) is 14.3. The van der Waals surface area contributed by atoms with Crippen molar-refractivity contribution in [3.05, 3.63) is 69.2 Å².